The number of benzene rings is 1. The third kappa shape index (κ3) is 2.75. The molecule has 1 aliphatic heterocycles. The predicted molar refractivity (Wildman–Crippen MR) is 98.1 cm³/mol. The summed E-state index contributed by atoms with van der Waals surface area (Å²) in [6.45, 7) is 7.57. The molecule has 2 fully saturated rings. The van der Waals surface area contributed by atoms with E-state index in [1.165, 1.54) is 5.56 Å². The Balaban J connectivity index is 0.00000208. The van der Waals surface area contributed by atoms with Gasteiger partial charge in [0.25, 0.3) is 0 Å². The van der Waals surface area contributed by atoms with Gasteiger partial charge in [-0.3, -0.25) is 4.79 Å². The Morgan fingerprint density at radius 1 is 1.33 bits per heavy atom. The molecule has 0 bridgehead atoms. The molecular formula is C19H29ClN2O2. The second-order valence-electron chi connectivity index (χ2n) is 7.78. The number of carbonyl (C=O) groups is 1. The summed E-state index contributed by atoms with van der Waals surface area (Å²) >= 11 is 0. The first kappa shape index (κ1) is 19.2. The van der Waals surface area contributed by atoms with Gasteiger partial charge in [-0.25, -0.2) is 0 Å². The van der Waals surface area contributed by atoms with Crippen LogP contribution in [0.5, 0.6) is 0 Å². The van der Waals surface area contributed by atoms with E-state index in [1.807, 2.05) is 7.05 Å². The number of likely N-dealkylation sites (N-methyl/N-ethyl adjacent to an activating group) is 1. The summed E-state index contributed by atoms with van der Waals surface area (Å²) in [5, 5.41) is 0. The molecule has 0 aromatic heterocycles. The van der Waals surface area contributed by atoms with Crippen molar-refractivity contribution in [3.05, 3.63) is 35.4 Å². The van der Waals surface area contributed by atoms with Crippen LogP contribution in [0.4, 0.5) is 0 Å². The molecule has 2 N–H and O–H groups in total. The van der Waals surface area contributed by atoms with Crippen LogP contribution in [-0.2, 0) is 16.1 Å². The summed E-state index contributed by atoms with van der Waals surface area (Å²) in [4.78, 5) is 14.9. The molecule has 0 spiro atoms. The molecular weight excluding hydrogens is 324 g/mol. The molecule has 2 aliphatic rings. The molecule has 1 saturated heterocycles. The van der Waals surface area contributed by atoms with Gasteiger partial charge in [0.05, 0.1) is 6.10 Å². The Bertz CT molecular complexity index is 602. The highest BCUT2D eigenvalue weighted by Crippen LogP contribution is 2.57. The van der Waals surface area contributed by atoms with Crippen molar-refractivity contribution in [3.63, 3.8) is 0 Å². The standard InChI is InChI=1S/C19H28N2O2.ClH/c1-13-7-9-14(10-8-13)12-21(4)17(22)19(20)15-6-5-11-23-16(15)18(19,2)3;/h7-10,15-16H,5-6,11-12,20H2,1-4H3;1H. The van der Waals surface area contributed by atoms with Gasteiger partial charge in [0, 0.05) is 31.5 Å². The van der Waals surface area contributed by atoms with Crippen molar-refractivity contribution in [2.75, 3.05) is 13.7 Å². The number of amides is 1. The first-order valence-corrected chi connectivity index (χ1v) is 8.50. The van der Waals surface area contributed by atoms with Crippen molar-refractivity contribution in [1.82, 2.24) is 4.90 Å². The van der Waals surface area contributed by atoms with E-state index in [2.05, 4.69) is 45.0 Å². The van der Waals surface area contributed by atoms with Crippen LogP contribution in [0.25, 0.3) is 0 Å². The number of ether oxygens (including phenoxy) is 1. The minimum atomic E-state index is -0.822. The molecule has 1 aromatic rings. The van der Waals surface area contributed by atoms with Gasteiger partial charge in [-0.05, 0) is 25.3 Å². The van der Waals surface area contributed by atoms with Crippen molar-refractivity contribution in [3.8, 4) is 0 Å². The molecule has 134 valence electrons. The van der Waals surface area contributed by atoms with E-state index in [4.69, 9.17) is 10.5 Å². The number of aryl methyl sites for hydroxylation is 1. The van der Waals surface area contributed by atoms with Crippen molar-refractivity contribution in [2.24, 2.45) is 17.1 Å². The van der Waals surface area contributed by atoms with E-state index in [1.54, 1.807) is 4.90 Å². The van der Waals surface area contributed by atoms with Gasteiger partial charge in [0.15, 0.2) is 0 Å². The molecule has 24 heavy (non-hydrogen) atoms. The van der Waals surface area contributed by atoms with Gasteiger partial charge in [-0.1, -0.05) is 43.7 Å². The average molecular weight is 353 g/mol. The molecule has 3 rings (SSSR count). The highest BCUT2D eigenvalue weighted by Gasteiger charge is 2.70. The third-order valence-corrected chi connectivity index (χ3v) is 5.93. The average Bonchev–Trinajstić information content (AvgIpc) is 2.55. The monoisotopic (exact) mass is 352 g/mol. The van der Waals surface area contributed by atoms with E-state index < -0.39 is 5.54 Å². The van der Waals surface area contributed by atoms with Crippen LogP contribution >= 0.6 is 12.4 Å². The summed E-state index contributed by atoms with van der Waals surface area (Å²) in [5.41, 5.74) is 7.89. The van der Waals surface area contributed by atoms with Crippen LogP contribution < -0.4 is 5.73 Å². The van der Waals surface area contributed by atoms with E-state index in [0.717, 1.165) is 25.0 Å². The smallest absolute Gasteiger partial charge is 0.243 e. The van der Waals surface area contributed by atoms with E-state index in [-0.39, 0.29) is 35.8 Å². The zero-order valence-electron chi connectivity index (χ0n) is 15.0. The Morgan fingerprint density at radius 2 is 1.96 bits per heavy atom. The van der Waals surface area contributed by atoms with Crippen molar-refractivity contribution in [2.45, 2.75) is 51.8 Å². The normalized spacial score (nSPS) is 30.5. The minimum absolute atomic E-state index is 0. The number of halogens is 1. The Hall–Kier alpha value is -1.10. The lowest BCUT2D eigenvalue weighted by molar-refractivity contribution is -0.229. The Labute approximate surface area is 151 Å². The number of hydrogen-bond acceptors (Lipinski definition) is 3. The van der Waals surface area contributed by atoms with Gasteiger partial charge < -0.3 is 15.4 Å². The fourth-order valence-corrected chi connectivity index (χ4v) is 4.36. The topological polar surface area (TPSA) is 55.6 Å². The Kier molecular flexibility index (Phi) is 5.34. The first-order chi connectivity index (χ1) is 10.8. The lowest BCUT2D eigenvalue weighted by atomic mass is 9.46. The molecule has 1 saturated carbocycles. The quantitative estimate of drug-likeness (QED) is 0.910. The largest absolute Gasteiger partial charge is 0.377 e. The molecule has 1 aromatic carbocycles. The van der Waals surface area contributed by atoms with Crippen molar-refractivity contribution >= 4 is 18.3 Å². The molecule has 1 heterocycles. The predicted octanol–water partition coefficient (Wildman–Crippen LogP) is 2.91. The van der Waals surface area contributed by atoms with Crippen LogP contribution in [0.1, 0.15) is 37.8 Å². The summed E-state index contributed by atoms with van der Waals surface area (Å²) in [6.07, 6.45) is 2.08. The van der Waals surface area contributed by atoms with Gasteiger partial charge >= 0.3 is 0 Å². The zero-order valence-corrected chi connectivity index (χ0v) is 15.9. The van der Waals surface area contributed by atoms with Crippen LogP contribution in [0, 0.1) is 18.3 Å². The summed E-state index contributed by atoms with van der Waals surface area (Å²) < 4.78 is 5.90. The maximum Gasteiger partial charge on any atom is 0.243 e. The van der Waals surface area contributed by atoms with E-state index >= 15 is 0 Å². The van der Waals surface area contributed by atoms with Gasteiger partial charge in [0.1, 0.15) is 5.54 Å². The highest BCUT2D eigenvalue weighted by atomic mass is 35.5. The second-order valence-corrected chi connectivity index (χ2v) is 7.78. The maximum atomic E-state index is 13.1. The highest BCUT2D eigenvalue weighted by molar-refractivity contribution is 5.89. The minimum Gasteiger partial charge on any atom is -0.377 e. The number of nitrogens with two attached hydrogens (primary N) is 1. The molecule has 3 atom stereocenters. The second kappa shape index (κ2) is 6.66. The lowest BCUT2D eigenvalue weighted by Gasteiger charge is -2.65. The lowest BCUT2D eigenvalue weighted by Crippen LogP contribution is -2.82. The molecule has 4 nitrogen and oxygen atoms in total. The van der Waals surface area contributed by atoms with Crippen molar-refractivity contribution in [1.29, 1.82) is 0 Å². The molecule has 5 heteroatoms. The molecule has 0 radical (unpaired) electrons. The Morgan fingerprint density at radius 3 is 2.58 bits per heavy atom. The first-order valence-electron chi connectivity index (χ1n) is 8.50. The zero-order chi connectivity index (χ0) is 16.8. The SMILES string of the molecule is Cc1ccc(CN(C)C(=O)C2(N)C3CCCOC3C2(C)C)cc1.Cl. The summed E-state index contributed by atoms with van der Waals surface area (Å²) in [5.74, 6) is 0.175. The fourth-order valence-electron chi connectivity index (χ4n) is 4.36. The van der Waals surface area contributed by atoms with Crippen LogP contribution in [0.2, 0.25) is 0 Å². The molecule has 1 amide bonds. The number of nitrogens with zero attached hydrogens (tertiary/aromatic N) is 1. The van der Waals surface area contributed by atoms with Gasteiger partial charge in [0.2, 0.25) is 5.91 Å². The maximum absolute atomic E-state index is 13.1. The summed E-state index contributed by atoms with van der Waals surface area (Å²) in [6, 6.07) is 8.29. The number of hydrogen-bond donors (Lipinski definition) is 1. The number of fused-ring (bicyclic) bond motifs is 1. The van der Waals surface area contributed by atoms with Crippen molar-refractivity contribution < 1.29 is 9.53 Å². The molecule has 1 aliphatic carbocycles. The van der Waals surface area contributed by atoms with Gasteiger partial charge in [-0.2, -0.15) is 0 Å². The summed E-state index contributed by atoms with van der Waals surface area (Å²) in [7, 11) is 1.85. The number of rotatable bonds is 3. The number of carbonyl (C=O) groups excluding carboxylic acids is 1. The van der Waals surface area contributed by atoms with Crippen LogP contribution in [-0.4, -0.2) is 36.1 Å². The van der Waals surface area contributed by atoms with Crippen LogP contribution in [0.3, 0.4) is 0 Å². The van der Waals surface area contributed by atoms with E-state index in [9.17, 15) is 4.79 Å². The van der Waals surface area contributed by atoms with Gasteiger partial charge in [-0.15, -0.1) is 12.4 Å². The third-order valence-electron chi connectivity index (χ3n) is 5.93. The van der Waals surface area contributed by atoms with Crippen LogP contribution in [0.15, 0.2) is 24.3 Å². The molecule has 3 unspecified atom stereocenters. The fraction of sp³-hybridized carbons (Fsp3) is 0.632. The van der Waals surface area contributed by atoms with E-state index in [0.29, 0.717) is 6.54 Å².